The van der Waals surface area contributed by atoms with E-state index in [1.807, 2.05) is 36.1 Å². The van der Waals surface area contributed by atoms with E-state index in [0.29, 0.717) is 12.1 Å². The summed E-state index contributed by atoms with van der Waals surface area (Å²) in [5.74, 6) is 0.856. The van der Waals surface area contributed by atoms with E-state index in [9.17, 15) is 4.79 Å². The maximum absolute atomic E-state index is 12.7. The van der Waals surface area contributed by atoms with E-state index >= 15 is 0 Å². The van der Waals surface area contributed by atoms with Crippen LogP contribution in [0.3, 0.4) is 0 Å². The zero-order chi connectivity index (χ0) is 15.9. The van der Waals surface area contributed by atoms with E-state index in [4.69, 9.17) is 4.74 Å². The summed E-state index contributed by atoms with van der Waals surface area (Å²) >= 11 is 0. The van der Waals surface area contributed by atoms with Crippen LogP contribution in [0, 0.1) is 0 Å². The molecule has 1 unspecified atom stereocenters. The predicted molar refractivity (Wildman–Crippen MR) is 87.0 cm³/mol. The second-order valence-electron chi connectivity index (χ2n) is 5.02. The maximum Gasteiger partial charge on any atom is 0.254 e. The van der Waals surface area contributed by atoms with Gasteiger partial charge in [-0.1, -0.05) is 19.1 Å². The zero-order valence-corrected chi connectivity index (χ0v) is 13.3. The van der Waals surface area contributed by atoms with E-state index in [0.717, 1.165) is 17.7 Å². The fraction of sp³-hybridized carbons (Fsp3) is 0.333. The molecule has 0 radical (unpaired) electrons. The van der Waals surface area contributed by atoms with Gasteiger partial charge in [-0.3, -0.25) is 9.78 Å². The van der Waals surface area contributed by atoms with Crippen LogP contribution in [0.15, 0.2) is 48.8 Å². The third-order valence-electron chi connectivity index (χ3n) is 3.79. The molecule has 1 atom stereocenters. The molecule has 0 saturated carbocycles. The molecular formula is C18H22N2O2. The lowest BCUT2D eigenvalue weighted by molar-refractivity contribution is 0.0682. The smallest absolute Gasteiger partial charge is 0.254 e. The first kappa shape index (κ1) is 16.0. The molecule has 1 amide bonds. The number of carbonyl (C=O) groups is 1. The number of rotatable bonds is 6. The Morgan fingerprint density at radius 3 is 2.27 bits per heavy atom. The molecule has 0 aliphatic carbocycles. The van der Waals surface area contributed by atoms with E-state index < -0.39 is 0 Å². The largest absolute Gasteiger partial charge is 0.497 e. The summed E-state index contributed by atoms with van der Waals surface area (Å²) in [4.78, 5) is 18.6. The van der Waals surface area contributed by atoms with E-state index in [-0.39, 0.29) is 11.9 Å². The molecular weight excluding hydrogens is 276 g/mol. The summed E-state index contributed by atoms with van der Waals surface area (Å²) in [5.41, 5.74) is 1.79. The predicted octanol–water partition coefficient (Wildman–Crippen LogP) is 3.70. The van der Waals surface area contributed by atoms with Gasteiger partial charge in [-0.25, -0.2) is 0 Å². The van der Waals surface area contributed by atoms with Crippen molar-refractivity contribution >= 4 is 5.91 Å². The number of nitrogens with zero attached hydrogens (tertiary/aromatic N) is 2. The number of pyridine rings is 1. The average molecular weight is 298 g/mol. The SMILES string of the molecule is CCC(c1ccc(OC)cc1)N(CC)C(=O)c1ccncc1. The minimum absolute atomic E-state index is 0.0348. The van der Waals surface area contributed by atoms with Crippen LogP contribution in [-0.4, -0.2) is 29.4 Å². The lowest BCUT2D eigenvalue weighted by atomic mass is 10.0. The minimum Gasteiger partial charge on any atom is -0.497 e. The lowest BCUT2D eigenvalue weighted by Crippen LogP contribution is -2.34. The molecule has 0 spiro atoms. The topological polar surface area (TPSA) is 42.4 Å². The van der Waals surface area contributed by atoms with Crippen LogP contribution in [-0.2, 0) is 0 Å². The molecule has 116 valence electrons. The van der Waals surface area contributed by atoms with Gasteiger partial charge in [0.05, 0.1) is 13.2 Å². The molecule has 0 aliphatic heterocycles. The third-order valence-corrected chi connectivity index (χ3v) is 3.79. The van der Waals surface area contributed by atoms with Crippen LogP contribution in [0.1, 0.15) is 42.2 Å². The standard InChI is InChI=1S/C18H22N2O2/c1-4-17(14-6-8-16(22-3)9-7-14)20(5-2)18(21)15-10-12-19-13-11-15/h6-13,17H,4-5H2,1-3H3. The molecule has 0 N–H and O–H groups in total. The highest BCUT2D eigenvalue weighted by Crippen LogP contribution is 2.27. The number of aromatic nitrogens is 1. The van der Waals surface area contributed by atoms with Gasteiger partial charge >= 0.3 is 0 Å². The zero-order valence-electron chi connectivity index (χ0n) is 13.3. The molecule has 1 aromatic carbocycles. The molecule has 4 nitrogen and oxygen atoms in total. The van der Waals surface area contributed by atoms with Crippen LogP contribution in [0.25, 0.3) is 0 Å². The Morgan fingerprint density at radius 1 is 1.14 bits per heavy atom. The maximum atomic E-state index is 12.7. The van der Waals surface area contributed by atoms with Crippen LogP contribution >= 0.6 is 0 Å². The fourth-order valence-electron chi connectivity index (χ4n) is 2.63. The van der Waals surface area contributed by atoms with E-state index in [1.165, 1.54) is 0 Å². The summed E-state index contributed by atoms with van der Waals surface area (Å²) in [6.45, 7) is 4.76. The highest BCUT2D eigenvalue weighted by molar-refractivity contribution is 5.94. The minimum atomic E-state index is 0.0348. The van der Waals surface area contributed by atoms with Gasteiger partial charge in [-0.2, -0.15) is 0 Å². The van der Waals surface area contributed by atoms with Gasteiger partial charge < -0.3 is 9.64 Å². The Morgan fingerprint density at radius 2 is 1.77 bits per heavy atom. The summed E-state index contributed by atoms with van der Waals surface area (Å²) in [7, 11) is 1.65. The van der Waals surface area contributed by atoms with Crippen molar-refractivity contribution in [3.05, 3.63) is 59.9 Å². The van der Waals surface area contributed by atoms with Crippen molar-refractivity contribution in [3.63, 3.8) is 0 Å². The molecule has 2 aromatic rings. The Labute approximate surface area is 131 Å². The Kier molecular flexibility index (Phi) is 5.53. The van der Waals surface area contributed by atoms with Crippen molar-refractivity contribution in [2.45, 2.75) is 26.3 Å². The van der Waals surface area contributed by atoms with Crippen molar-refractivity contribution in [1.82, 2.24) is 9.88 Å². The number of hydrogen-bond donors (Lipinski definition) is 0. The highest BCUT2D eigenvalue weighted by atomic mass is 16.5. The average Bonchev–Trinajstić information content (AvgIpc) is 2.60. The van der Waals surface area contributed by atoms with E-state index in [1.54, 1.807) is 31.6 Å². The van der Waals surface area contributed by atoms with Gasteiger partial charge in [0.1, 0.15) is 5.75 Å². The van der Waals surface area contributed by atoms with Crippen LogP contribution in [0.4, 0.5) is 0 Å². The Hall–Kier alpha value is -2.36. The summed E-state index contributed by atoms with van der Waals surface area (Å²) in [6.07, 6.45) is 4.15. The van der Waals surface area contributed by atoms with Crippen LogP contribution in [0.5, 0.6) is 5.75 Å². The monoisotopic (exact) mass is 298 g/mol. The van der Waals surface area contributed by atoms with Crippen molar-refractivity contribution in [3.8, 4) is 5.75 Å². The fourth-order valence-corrected chi connectivity index (χ4v) is 2.63. The van der Waals surface area contributed by atoms with E-state index in [2.05, 4.69) is 11.9 Å². The summed E-state index contributed by atoms with van der Waals surface area (Å²) in [6, 6.07) is 11.5. The molecule has 0 bridgehead atoms. The van der Waals surface area contributed by atoms with Crippen molar-refractivity contribution < 1.29 is 9.53 Å². The van der Waals surface area contributed by atoms with Crippen molar-refractivity contribution in [2.24, 2.45) is 0 Å². The number of methoxy groups -OCH3 is 1. The number of hydrogen-bond acceptors (Lipinski definition) is 3. The molecule has 0 aliphatic rings. The number of ether oxygens (including phenoxy) is 1. The molecule has 22 heavy (non-hydrogen) atoms. The first-order valence-corrected chi connectivity index (χ1v) is 7.56. The van der Waals surface area contributed by atoms with Gasteiger partial charge in [0.25, 0.3) is 5.91 Å². The summed E-state index contributed by atoms with van der Waals surface area (Å²) in [5, 5.41) is 0. The number of carbonyl (C=O) groups excluding carboxylic acids is 1. The molecule has 0 saturated heterocycles. The second-order valence-corrected chi connectivity index (χ2v) is 5.02. The molecule has 0 fully saturated rings. The normalized spacial score (nSPS) is 11.8. The van der Waals surface area contributed by atoms with Gasteiger partial charge in [0.15, 0.2) is 0 Å². The highest BCUT2D eigenvalue weighted by Gasteiger charge is 2.23. The first-order chi connectivity index (χ1) is 10.7. The van der Waals surface area contributed by atoms with Gasteiger partial charge in [0, 0.05) is 24.5 Å². The van der Waals surface area contributed by atoms with Crippen molar-refractivity contribution in [2.75, 3.05) is 13.7 Å². The number of benzene rings is 1. The summed E-state index contributed by atoms with van der Waals surface area (Å²) < 4.78 is 5.20. The Balaban J connectivity index is 2.28. The number of amides is 1. The Bertz CT molecular complexity index is 596. The molecule has 2 rings (SSSR count). The van der Waals surface area contributed by atoms with Gasteiger partial charge in [-0.15, -0.1) is 0 Å². The first-order valence-electron chi connectivity index (χ1n) is 7.56. The van der Waals surface area contributed by atoms with Gasteiger partial charge in [0.2, 0.25) is 0 Å². The van der Waals surface area contributed by atoms with Crippen LogP contribution in [0.2, 0.25) is 0 Å². The van der Waals surface area contributed by atoms with Crippen molar-refractivity contribution in [1.29, 1.82) is 0 Å². The lowest BCUT2D eigenvalue weighted by Gasteiger charge is -2.30. The van der Waals surface area contributed by atoms with Crippen LogP contribution < -0.4 is 4.74 Å². The quantitative estimate of drug-likeness (QED) is 0.816. The molecule has 1 aromatic heterocycles. The third kappa shape index (κ3) is 3.45. The van der Waals surface area contributed by atoms with Gasteiger partial charge in [-0.05, 0) is 43.2 Å². The molecule has 4 heteroatoms. The molecule has 1 heterocycles. The second kappa shape index (κ2) is 7.59.